The predicted molar refractivity (Wildman–Crippen MR) is 127 cm³/mol. The van der Waals surface area contributed by atoms with Crippen LogP contribution in [0.5, 0.6) is 0 Å². The SMILES string of the molecule is O=C(c1cccs1)[C@H]1[C@H](c2cccc(Br)c2)C2CCCN2C12C(=O)c1ccccc1C2=O. The van der Waals surface area contributed by atoms with Crippen LogP contribution in [0.2, 0.25) is 0 Å². The fourth-order valence-corrected chi connectivity index (χ4v) is 7.37. The van der Waals surface area contributed by atoms with Gasteiger partial charge in [-0.3, -0.25) is 19.3 Å². The van der Waals surface area contributed by atoms with Gasteiger partial charge in [-0.05, 0) is 48.5 Å². The van der Waals surface area contributed by atoms with Crippen molar-refractivity contribution in [3.05, 3.63) is 92.1 Å². The number of benzene rings is 2. The summed E-state index contributed by atoms with van der Waals surface area (Å²) in [4.78, 5) is 44.9. The molecule has 4 nitrogen and oxygen atoms in total. The van der Waals surface area contributed by atoms with Crippen molar-refractivity contribution in [1.29, 1.82) is 0 Å². The third-order valence-electron chi connectivity index (χ3n) is 7.36. The van der Waals surface area contributed by atoms with E-state index in [2.05, 4.69) is 20.8 Å². The van der Waals surface area contributed by atoms with Gasteiger partial charge in [-0.1, -0.05) is 58.4 Å². The fourth-order valence-electron chi connectivity index (χ4n) is 6.25. The van der Waals surface area contributed by atoms with Crippen LogP contribution in [-0.2, 0) is 0 Å². The number of ketones is 3. The Kier molecular flexibility index (Phi) is 4.61. The van der Waals surface area contributed by atoms with Gasteiger partial charge in [0.15, 0.2) is 22.9 Å². The molecule has 2 aliphatic heterocycles. The Hall–Kier alpha value is -2.41. The zero-order valence-electron chi connectivity index (χ0n) is 17.2. The van der Waals surface area contributed by atoms with Crippen molar-refractivity contribution in [2.45, 2.75) is 30.3 Å². The van der Waals surface area contributed by atoms with Crippen LogP contribution in [0.4, 0.5) is 0 Å². The molecule has 3 heterocycles. The van der Waals surface area contributed by atoms with E-state index in [1.807, 2.05) is 35.7 Å². The van der Waals surface area contributed by atoms with Gasteiger partial charge in [0.2, 0.25) is 0 Å². The summed E-state index contributed by atoms with van der Waals surface area (Å²) in [5.74, 6) is -1.51. The lowest BCUT2D eigenvalue weighted by Gasteiger charge is -2.35. The number of carbonyl (C=O) groups is 3. The predicted octanol–water partition coefficient (Wildman–Crippen LogP) is 5.39. The van der Waals surface area contributed by atoms with Gasteiger partial charge in [0.1, 0.15) is 0 Å². The van der Waals surface area contributed by atoms with Gasteiger partial charge in [-0.25, -0.2) is 0 Å². The number of fused-ring (bicyclic) bond motifs is 3. The maximum absolute atomic E-state index is 14.1. The number of hydrogen-bond acceptors (Lipinski definition) is 5. The second-order valence-corrected chi connectivity index (χ2v) is 10.6. The third kappa shape index (κ3) is 2.54. The summed E-state index contributed by atoms with van der Waals surface area (Å²) in [7, 11) is 0. The molecule has 0 amide bonds. The van der Waals surface area contributed by atoms with Gasteiger partial charge < -0.3 is 0 Å². The molecule has 0 N–H and O–H groups in total. The Morgan fingerprint density at radius 2 is 1.75 bits per heavy atom. The number of nitrogens with zero attached hydrogens (tertiary/aromatic N) is 1. The lowest BCUT2D eigenvalue weighted by Crippen LogP contribution is -2.58. The number of carbonyl (C=O) groups excluding carboxylic acids is 3. The standard InChI is InChI=1S/C26H20BrNO3S/c27-16-7-3-6-15(14-16)21-19-10-4-12-28(19)26(22(21)23(29)20-11-5-13-32-20)24(30)17-8-1-2-9-18(17)25(26)31/h1-3,5-9,11,13-14,19,21-22H,4,10,12H2/t19?,21-,22-/m1/s1. The molecule has 2 aromatic carbocycles. The van der Waals surface area contributed by atoms with E-state index >= 15 is 0 Å². The van der Waals surface area contributed by atoms with Crippen molar-refractivity contribution in [3.63, 3.8) is 0 Å². The maximum Gasteiger partial charge on any atom is 0.192 e. The largest absolute Gasteiger partial charge is 0.293 e. The molecule has 0 saturated carbocycles. The van der Waals surface area contributed by atoms with Gasteiger partial charge in [-0.15, -0.1) is 11.3 Å². The summed E-state index contributed by atoms with van der Waals surface area (Å²) in [6.45, 7) is 0.648. The molecule has 1 aromatic heterocycles. The minimum Gasteiger partial charge on any atom is -0.293 e. The topological polar surface area (TPSA) is 54.5 Å². The first-order chi connectivity index (χ1) is 15.5. The second-order valence-electron chi connectivity index (χ2n) is 8.77. The summed E-state index contributed by atoms with van der Waals surface area (Å²) in [5.41, 5.74) is 0.433. The average Bonchev–Trinajstić information content (AvgIpc) is 3.57. The highest BCUT2D eigenvalue weighted by Crippen LogP contribution is 2.58. The summed E-state index contributed by atoms with van der Waals surface area (Å²) >= 11 is 4.94. The van der Waals surface area contributed by atoms with Crippen LogP contribution in [0.3, 0.4) is 0 Å². The molecular formula is C26H20BrNO3S. The number of halogens is 1. The van der Waals surface area contributed by atoms with E-state index in [4.69, 9.17) is 0 Å². The van der Waals surface area contributed by atoms with Crippen LogP contribution in [-0.4, -0.2) is 40.4 Å². The average molecular weight is 506 g/mol. The number of hydrogen-bond donors (Lipinski definition) is 0. The van der Waals surface area contributed by atoms with E-state index < -0.39 is 11.5 Å². The molecular weight excluding hydrogens is 486 g/mol. The smallest absolute Gasteiger partial charge is 0.192 e. The number of thiophene rings is 1. The highest BCUT2D eigenvalue weighted by molar-refractivity contribution is 9.10. The quantitative estimate of drug-likeness (QED) is 0.353. The van der Waals surface area contributed by atoms with Crippen LogP contribution >= 0.6 is 27.3 Å². The molecule has 1 unspecified atom stereocenters. The van der Waals surface area contributed by atoms with Gasteiger partial charge >= 0.3 is 0 Å². The maximum atomic E-state index is 14.1. The molecule has 3 atom stereocenters. The molecule has 2 saturated heterocycles. The molecule has 6 rings (SSSR count). The first-order valence-corrected chi connectivity index (χ1v) is 12.5. The van der Waals surface area contributed by atoms with Gasteiger partial charge in [0.05, 0.1) is 10.8 Å². The van der Waals surface area contributed by atoms with E-state index in [0.29, 0.717) is 22.5 Å². The summed E-state index contributed by atoms with van der Waals surface area (Å²) in [6, 6.07) is 18.7. The van der Waals surface area contributed by atoms with Crippen LogP contribution in [0, 0.1) is 5.92 Å². The van der Waals surface area contributed by atoms with Crippen molar-refractivity contribution in [2.24, 2.45) is 5.92 Å². The highest BCUT2D eigenvalue weighted by atomic mass is 79.9. The first-order valence-electron chi connectivity index (χ1n) is 10.8. The molecule has 1 spiro atoms. The zero-order valence-corrected chi connectivity index (χ0v) is 19.6. The van der Waals surface area contributed by atoms with Crippen LogP contribution in [0.15, 0.2) is 70.5 Å². The van der Waals surface area contributed by atoms with Crippen LogP contribution in [0.25, 0.3) is 0 Å². The summed E-state index contributed by atoms with van der Waals surface area (Å²) in [5, 5.41) is 1.87. The summed E-state index contributed by atoms with van der Waals surface area (Å²) in [6.07, 6.45) is 1.78. The monoisotopic (exact) mass is 505 g/mol. The van der Waals surface area contributed by atoms with Crippen LogP contribution in [0.1, 0.15) is 54.7 Å². The van der Waals surface area contributed by atoms with Gasteiger partial charge in [0.25, 0.3) is 0 Å². The number of Topliss-reactive ketones (excluding diaryl/α,β-unsaturated/α-hetero) is 3. The van der Waals surface area contributed by atoms with E-state index in [1.54, 1.807) is 30.3 Å². The molecule has 3 aromatic rings. The highest BCUT2D eigenvalue weighted by Gasteiger charge is 2.72. The number of rotatable bonds is 3. The molecule has 160 valence electrons. The Bertz CT molecular complexity index is 1230. The molecule has 32 heavy (non-hydrogen) atoms. The Morgan fingerprint density at radius 1 is 1.00 bits per heavy atom. The molecule has 1 aliphatic carbocycles. The van der Waals surface area contributed by atoms with Crippen molar-refractivity contribution in [1.82, 2.24) is 4.90 Å². The zero-order chi connectivity index (χ0) is 22.0. The normalized spacial score (nSPS) is 26.0. The molecule has 3 aliphatic rings. The van der Waals surface area contributed by atoms with Crippen molar-refractivity contribution in [2.75, 3.05) is 6.54 Å². The Balaban J connectivity index is 1.62. The van der Waals surface area contributed by atoms with E-state index in [9.17, 15) is 14.4 Å². The van der Waals surface area contributed by atoms with Crippen molar-refractivity contribution >= 4 is 44.6 Å². The molecule has 0 radical (unpaired) electrons. The molecule has 2 fully saturated rings. The third-order valence-corrected chi connectivity index (χ3v) is 8.74. The minimum absolute atomic E-state index is 0.0274. The van der Waals surface area contributed by atoms with Crippen LogP contribution < -0.4 is 0 Å². The molecule has 0 bridgehead atoms. The van der Waals surface area contributed by atoms with Gasteiger partial charge in [0, 0.05) is 27.6 Å². The summed E-state index contributed by atoms with van der Waals surface area (Å²) < 4.78 is 0.926. The van der Waals surface area contributed by atoms with E-state index in [1.165, 1.54) is 11.3 Å². The lowest BCUT2D eigenvalue weighted by atomic mass is 9.70. The van der Waals surface area contributed by atoms with Crippen molar-refractivity contribution in [3.8, 4) is 0 Å². The first kappa shape index (κ1) is 20.2. The fraction of sp³-hybridized carbons (Fsp3) is 0.269. The van der Waals surface area contributed by atoms with Gasteiger partial charge in [-0.2, -0.15) is 0 Å². The second kappa shape index (κ2) is 7.30. The molecule has 6 heteroatoms. The Labute approximate surface area is 198 Å². The minimum atomic E-state index is -1.46. The lowest BCUT2D eigenvalue weighted by molar-refractivity contribution is 0.0473. The Morgan fingerprint density at radius 3 is 2.41 bits per heavy atom. The van der Waals surface area contributed by atoms with Crippen molar-refractivity contribution < 1.29 is 14.4 Å². The van der Waals surface area contributed by atoms with E-state index in [-0.39, 0.29) is 29.3 Å². The van der Waals surface area contributed by atoms with E-state index in [0.717, 1.165) is 22.9 Å².